The lowest BCUT2D eigenvalue weighted by Gasteiger charge is -2.17. The van der Waals surface area contributed by atoms with E-state index in [0.29, 0.717) is 29.2 Å². The molecule has 0 radical (unpaired) electrons. The van der Waals surface area contributed by atoms with Crippen molar-refractivity contribution < 1.29 is 28.7 Å². The number of imide groups is 1. The number of hydrogen-bond donors (Lipinski definition) is 1. The number of hydrogen-bond acceptors (Lipinski definition) is 6. The van der Waals surface area contributed by atoms with E-state index in [-0.39, 0.29) is 48.3 Å². The minimum Gasteiger partial charge on any atom is -0.427 e. The van der Waals surface area contributed by atoms with Gasteiger partial charge in [-0.25, -0.2) is 0 Å². The van der Waals surface area contributed by atoms with Crippen molar-refractivity contribution in [3.05, 3.63) is 59.2 Å². The molecule has 2 aliphatic heterocycles. The summed E-state index contributed by atoms with van der Waals surface area (Å²) in [6, 6.07) is 10.8. The third kappa shape index (κ3) is 4.34. The maximum Gasteiger partial charge on any atom is 0.310 e. The van der Waals surface area contributed by atoms with E-state index in [9.17, 15) is 19.2 Å². The quantitative estimate of drug-likeness (QED) is 0.436. The summed E-state index contributed by atoms with van der Waals surface area (Å²) in [6.45, 7) is 2.58. The molecular formula is C23H22N2O6. The van der Waals surface area contributed by atoms with E-state index < -0.39 is 0 Å². The second-order valence-corrected chi connectivity index (χ2v) is 7.42. The van der Waals surface area contributed by atoms with Crippen molar-refractivity contribution in [1.29, 1.82) is 0 Å². The molecular weight excluding hydrogens is 400 g/mol. The van der Waals surface area contributed by atoms with Crippen LogP contribution in [0.5, 0.6) is 5.75 Å². The number of fused-ring (bicyclic) bond motifs is 1. The van der Waals surface area contributed by atoms with E-state index in [1.54, 1.807) is 31.2 Å². The van der Waals surface area contributed by atoms with Crippen LogP contribution in [-0.4, -0.2) is 47.8 Å². The van der Waals surface area contributed by atoms with Gasteiger partial charge in [0.25, 0.3) is 17.7 Å². The molecule has 160 valence electrons. The van der Waals surface area contributed by atoms with Crippen LogP contribution >= 0.6 is 0 Å². The van der Waals surface area contributed by atoms with E-state index in [1.807, 2.05) is 0 Å². The zero-order valence-electron chi connectivity index (χ0n) is 17.1. The summed E-state index contributed by atoms with van der Waals surface area (Å²) < 4.78 is 10.6. The molecule has 0 aliphatic carbocycles. The smallest absolute Gasteiger partial charge is 0.310 e. The monoisotopic (exact) mass is 422 g/mol. The van der Waals surface area contributed by atoms with Crippen LogP contribution in [0.1, 0.15) is 57.3 Å². The van der Waals surface area contributed by atoms with E-state index >= 15 is 0 Å². The number of nitrogens with zero attached hydrogens (tertiary/aromatic N) is 1. The summed E-state index contributed by atoms with van der Waals surface area (Å²) >= 11 is 0. The minimum atomic E-state index is -0.388. The zero-order valence-corrected chi connectivity index (χ0v) is 17.1. The molecule has 31 heavy (non-hydrogen) atoms. The SMILES string of the molecule is CCC(=O)Oc1ccc(C(=O)Nc2ccc3c(c2)C(=O)N(C[C@H]2CCCO2)C3=O)cc1. The normalized spacial score (nSPS) is 17.6. The van der Waals surface area contributed by atoms with Crippen LogP contribution in [0.15, 0.2) is 42.5 Å². The number of rotatable bonds is 6. The van der Waals surface area contributed by atoms with Gasteiger partial charge in [0.15, 0.2) is 0 Å². The van der Waals surface area contributed by atoms with Gasteiger partial charge in [-0.3, -0.25) is 24.1 Å². The van der Waals surface area contributed by atoms with Crippen molar-refractivity contribution in [3.8, 4) is 5.75 Å². The van der Waals surface area contributed by atoms with Crippen LogP contribution in [-0.2, 0) is 9.53 Å². The molecule has 1 fully saturated rings. The van der Waals surface area contributed by atoms with Crippen LogP contribution in [0.25, 0.3) is 0 Å². The van der Waals surface area contributed by atoms with Gasteiger partial charge in [-0.15, -0.1) is 0 Å². The van der Waals surface area contributed by atoms with Gasteiger partial charge in [0, 0.05) is 24.3 Å². The fourth-order valence-electron chi connectivity index (χ4n) is 3.61. The van der Waals surface area contributed by atoms with Crippen molar-refractivity contribution in [3.63, 3.8) is 0 Å². The van der Waals surface area contributed by atoms with Crippen molar-refractivity contribution in [2.24, 2.45) is 0 Å². The number of esters is 1. The predicted molar refractivity (Wildman–Crippen MR) is 111 cm³/mol. The Kier molecular flexibility index (Phi) is 5.81. The predicted octanol–water partition coefficient (Wildman–Crippen LogP) is 3.03. The molecule has 8 nitrogen and oxygen atoms in total. The van der Waals surface area contributed by atoms with Gasteiger partial charge in [0.05, 0.1) is 23.8 Å². The van der Waals surface area contributed by atoms with Crippen molar-refractivity contribution >= 4 is 29.4 Å². The average molecular weight is 422 g/mol. The number of carbonyl (C=O) groups excluding carboxylic acids is 4. The summed E-state index contributed by atoms with van der Waals surface area (Å²) in [5.74, 6) is -1.11. The van der Waals surface area contributed by atoms with Gasteiger partial charge < -0.3 is 14.8 Å². The second kappa shape index (κ2) is 8.69. The first-order chi connectivity index (χ1) is 15.0. The van der Waals surface area contributed by atoms with Crippen LogP contribution in [0.4, 0.5) is 5.69 Å². The zero-order chi connectivity index (χ0) is 22.0. The van der Waals surface area contributed by atoms with Gasteiger partial charge in [0.2, 0.25) is 0 Å². The Bertz CT molecular complexity index is 1040. The van der Waals surface area contributed by atoms with Gasteiger partial charge in [-0.05, 0) is 55.3 Å². The lowest BCUT2D eigenvalue weighted by Crippen LogP contribution is -2.36. The van der Waals surface area contributed by atoms with E-state index in [4.69, 9.17) is 9.47 Å². The lowest BCUT2D eigenvalue weighted by molar-refractivity contribution is -0.134. The first-order valence-corrected chi connectivity index (χ1v) is 10.2. The van der Waals surface area contributed by atoms with Crippen LogP contribution in [0.3, 0.4) is 0 Å². The first-order valence-electron chi connectivity index (χ1n) is 10.2. The van der Waals surface area contributed by atoms with Crippen molar-refractivity contribution in [1.82, 2.24) is 4.90 Å². The maximum absolute atomic E-state index is 12.7. The lowest BCUT2D eigenvalue weighted by atomic mass is 10.1. The third-order valence-electron chi connectivity index (χ3n) is 5.28. The van der Waals surface area contributed by atoms with E-state index in [1.165, 1.54) is 23.1 Å². The van der Waals surface area contributed by atoms with Crippen LogP contribution < -0.4 is 10.1 Å². The topological polar surface area (TPSA) is 102 Å². The standard InChI is InChI=1S/C23H22N2O6/c1-2-20(26)31-16-8-5-14(6-9-16)21(27)24-15-7-10-18-19(12-15)23(29)25(22(18)28)13-17-4-3-11-30-17/h5-10,12,17H,2-4,11,13H2,1H3,(H,24,27)/t17-/m1/s1. The Morgan fingerprint density at radius 2 is 1.84 bits per heavy atom. The molecule has 2 aliphatic rings. The molecule has 2 heterocycles. The average Bonchev–Trinajstić information content (AvgIpc) is 3.37. The molecule has 2 aromatic carbocycles. The summed E-state index contributed by atoms with van der Waals surface area (Å²) in [7, 11) is 0. The largest absolute Gasteiger partial charge is 0.427 e. The molecule has 0 saturated carbocycles. The van der Waals surface area contributed by atoms with Gasteiger partial charge in [-0.2, -0.15) is 0 Å². The molecule has 3 amide bonds. The Hall–Kier alpha value is -3.52. The van der Waals surface area contributed by atoms with Crippen LogP contribution in [0.2, 0.25) is 0 Å². The highest BCUT2D eigenvalue weighted by molar-refractivity contribution is 6.22. The molecule has 1 N–H and O–H groups in total. The van der Waals surface area contributed by atoms with Crippen molar-refractivity contribution in [2.75, 3.05) is 18.5 Å². The molecule has 0 bridgehead atoms. The molecule has 0 spiro atoms. The number of amides is 3. The third-order valence-corrected chi connectivity index (χ3v) is 5.28. The second-order valence-electron chi connectivity index (χ2n) is 7.42. The summed E-state index contributed by atoms with van der Waals surface area (Å²) in [6.07, 6.45) is 1.88. The van der Waals surface area contributed by atoms with Gasteiger partial charge in [0.1, 0.15) is 5.75 Å². The molecule has 2 aromatic rings. The summed E-state index contributed by atoms with van der Waals surface area (Å²) in [5.41, 5.74) is 1.36. The number of nitrogens with one attached hydrogen (secondary N) is 1. The number of benzene rings is 2. The summed E-state index contributed by atoms with van der Waals surface area (Å²) in [4.78, 5) is 50.5. The molecule has 1 atom stereocenters. The van der Waals surface area contributed by atoms with Gasteiger partial charge in [-0.1, -0.05) is 6.92 Å². The Morgan fingerprint density at radius 3 is 2.52 bits per heavy atom. The first kappa shape index (κ1) is 20.7. The molecule has 0 aromatic heterocycles. The van der Waals surface area contributed by atoms with Crippen LogP contribution in [0, 0.1) is 0 Å². The Labute approximate surface area is 179 Å². The highest BCUT2D eigenvalue weighted by atomic mass is 16.5. The molecule has 8 heteroatoms. The number of carbonyl (C=O) groups is 4. The Morgan fingerprint density at radius 1 is 1.10 bits per heavy atom. The Balaban J connectivity index is 1.44. The molecule has 0 unspecified atom stereocenters. The highest BCUT2D eigenvalue weighted by Crippen LogP contribution is 2.28. The van der Waals surface area contributed by atoms with E-state index in [0.717, 1.165) is 12.8 Å². The van der Waals surface area contributed by atoms with E-state index in [2.05, 4.69) is 5.32 Å². The summed E-state index contributed by atoms with van der Waals surface area (Å²) in [5, 5.41) is 2.73. The minimum absolute atomic E-state index is 0.124. The fraction of sp³-hybridized carbons (Fsp3) is 0.304. The molecule has 4 rings (SSSR count). The molecule has 1 saturated heterocycles. The van der Waals surface area contributed by atoms with Crippen molar-refractivity contribution in [2.45, 2.75) is 32.3 Å². The maximum atomic E-state index is 12.7. The number of ether oxygens (including phenoxy) is 2. The number of anilines is 1. The van der Waals surface area contributed by atoms with Gasteiger partial charge >= 0.3 is 5.97 Å². The highest BCUT2D eigenvalue weighted by Gasteiger charge is 2.37. The fourth-order valence-corrected chi connectivity index (χ4v) is 3.61.